The van der Waals surface area contributed by atoms with Gasteiger partial charge in [-0.15, -0.1) is 0 Å². The Hall–Kier alpha value is -1.56. The normalized spacial score (nSPS) is 34.7. The van der Waals surface area contributed by atoms with E-state index < -0.39 is 89.7 Å². The molecule has 16 atom stereocenters. The van der Waals surface area contributed by atoms with Crippen molar-refractivity contribution >= 4 is 11.8 Å². The largest absolute Gasteiger partial charge is 0.469 e. The molecule has 2 saturated heterocycles. The molecule has 0 saturated carbocycles. The molecule has 0 aromatic heterocycles. The summed E-state index contributed by atoms with van der Waals surface area (Å²) in [5, 5.41) is 55.8. The number of aliphatic hydroxyl groups is 5. The van der Waals surface area contributed by atoms with Crippen LogP contribution < -0.4 is 0 Å². The first-order valence-electron chi connectivity index (χ1n) is 18.5. The minimum absolute atomic E-state index is 0.119. The lowest BCUT2D eigenvalue weighted by molar-refractivity contribution is -0.317. The molecule has 0 spiro atoms. The van der Waals surface area contributed by atoms with E-state index in [2.05, 4.69) is 0 Å². The van der Waals surface area contributed by atoms with Crippen LogP contribution in [0, 0.1) is 17.8 Å². The summed E-state index contributed by atoms with van der Waals surface area (Å²) < 4.78 is 36.1. The number of methoxy groups -OCH3 is 2. The summed E-state index contributed by atoms with van der Waals surface area (Å²) in [5.74, 6) is -3.48. The molecule has 0 radical (unpaired) electrons. The maximum absolute atomic E-state index is 13.7. The van der Waals surface area contributed by atoms with Gasteiger partial charge in [-0.1, -0.05) is 20.8 Å². The highest BCUT2D eigenvalue weighted by Crippen LogP contribution is 2.39. The third-order valence-corrected chi connectivity index (χ3v) is 11.1. The Labute approximate surface area is 310 Å². The van der Waals surface area contributed by atoms with Crippen LogP contribution in [0.3, 0.4) is 0 Å². The highest BCUT2D eigenvalue weighted by Gasteiger charge is 2.51. The van der Waals surface area contributed by atoms with E-state index in [0.717, 1.165) is 0 Å². The number of carbonyl (C=O) groups excluding carboxylic acids is 2. The Bertz CT molecular complexity index is 1190. The van der Waals surface area contributed by atoms with Crippen LogP contribution in [0.1, 0.15) is 94.9 Å². The third-order valence-electron chi connectivity index (χ3n) is 11.1. The van der Waals surface area contributed by atoms with Gasteiger partial charge in [0.25, 0.3) is 0 Å². The molecule has 0 aromatic rings. The highest BCUT2D eigenvalue weighted by atomic mass is 16.7. The zero-order valence-corrected chi connectivity index (χ0v) is 33.9. The average molecular weight is 748 g/mol. The molecule has 0 amide bonds. The van der Waals surface area contributed by atoms with E-state index in [1.54, 1.807) is 48.5 Å². The van der Waals surface area contributed by atoms with Gasteiger partial charge < -0.3 is 58.9 Å². The van der Waals surface area contributed by atoms with E-state index in [4.69, 9.17) is 28.4 Å². The molecule has 2 aliphatic heterocycles. The number of allylic oxidation sites excluding steroid dienone is 1. The number of ether oxygens (including phenoxy) is 6. The predicted molar refractivity (Wildman–Crippen MR) is 193 cm³/mol. The van der Waals surface area contributed by atoms with Crippen LogP contribution in [0.2, 0.25) is 0 Å². The lowest BCUT2D eigenvalue weighted by Crippen LogP contribution is -2.60. The van der Waals surface area contributed by atoms with Gasteiger partial charge in [0.2, 0.25) is 0 Å². The Balaban J connectivity index is 2.61. The zero-order valence-electron chi connectivity index (χ0n) is 33.9. The number of likely N-dealkylation sites (N-methyl/N-ethyl adjacent to an activating group) is 1. The Morgan fingerprint density at radius 2 is 1.65 bits per heavy atom. The maximum atomic E-state index is 13.7. The minimum atomic E-state index is -1.80. The van der Waals surface area contributed by atoms with Crippen LogP contribution in [-0.4, -0.2) is 149 Å². The van der Waals surface area contributed by atoms with Gasteiger partial charge in [0.05, 0.1) is 54.7 Å². The summed E-state index contributed by atoms with van der Waals surface area (Å²) in [6, 6.07) is -0.328. The van der Waals surface area contributed by atoms with Crippen molar-refractivity contribution in [1.82, 2.24) is 4.90 Å². The molecule has 5 N–H and O–H groups in total. The van der Waals surface area contributed by atoms with Gasteiger partial charge in [-0.05, 0) is 93.5 Å². The average Bonchev–Trinajstić information content (AvgIpc) is 3.07. The van der Waals surface area contributed by atoms with Crippen molar-refractivity contribution in [1.29, 1.82) is 0 Å². The van der Waals surface area contributed by atoms with E-state index in [1.165, 1.54) is 34.1 Å². The zero-order chi connectivity index (χ0) is 40.1. The van der Waals surface area contributed by atoms with Gasteiger partial charge in [0.1, 0.15) is 17.8 Å². The summed E-state index contributed by atoms with van der Waals surface area (Å²) in [4.78, 5) is 28.7. The van der Waals surface area contributed by atoms with E-state index in [9.17, 15) is 35.1 Å². The SMILES string of the molecule is CC[C@@H](O)[C@@](C)(O)/C=C(\C)C(=O)[C@H](C)C[C@](C)(O)[C@H](O[C@@H]1O[C@H](C)C[C@H](N(C)C)[C@H]1O)[C@@H](C)[C@H](O[C@H]1C[C@@](C)(OC)[C@@H](O)[C@H](C)O1)[C@@H](C)C(=O)OC. The Morgan fingerprint density at radius 3 is 2.17 bits per heavy atom. The van der Waals surface area contributed by atoms with E-state index in [1.807, 2.05) is 25.9 Å². The molecule has 0 aromatic carbocycles. The van der Waals surface area contributed by atoms with Gasteiger partial charge in [-0.25, -0.2) is 0 Å². The fraction of sp³-hybridized carbons (Fsp3) is 0.895. The molecule has 0 unspecified atom stereocenters. The molecule has 14 nitrogen and oxygen atoms in total. The van der Waals surface area contributed by atoms with Crippen molar-refractivity contribution < 1.29 is 63.5 Å². The summed E-state index contributed by atoms with van der Waals surface area (Å²) in [5.41, 5.74) is -4.25. The van der Waals surface area contributed by atoms with Gasteiger partial charge in [-0.2, -0.15) is 0 Å². The van der Waals surface area contributed by atoms with Gasteiger partial charge >= 0.3 is 5.97 Å². The van der Waals surface area contributed by atoms with Crippen molar-refractivity contribution in [3.8, 4) is 0 Å². The fourth-order valence-electron chi connectivity index (χ4n) is 7.83. The standard InChI is InChI=1S/C38H69NO13/c1-15-27(40)36(8,45)17-20(2)29(41)21(3)18-37(9,46)33(52-35-30(42)26(39(11)12)16-22(4)49-35)23(5)31(24(6)34(44)47-13)51-28-19-38(10,48-14)32(43)25(7)50-28/h17,21-28,30-33,35,40,42-43,45-46H,15-16,18-19H2,1-14H3/b20-17+/t21-,22-,23+,24-,25+,26+,27-,28+,30-,31+,32+,33-,35+,36+,37+,38-/m1/s1. The van der Waals surface area contributed by atoms with Gasteiger partial charge in [-0.3, -0.25) is 9.59 Å². The lowest BCUT2D eigenvalue weighted by atomic mass is 9.76. The van der Waals surface area contributed by atoms with Gasteiger partial charge in [0, 0.05) is 31.4 Å². The van der Waals surface area contributed by atoms with Crippen LogP contribution >= 0.6 is 0 Å². The molecule has 2 rings (SSSR count). The molecule has 2 heterocycles. The maximum Gasteiger partial charge on any atom is 0.311 e. The van der Waals surface area contributed by atoms with Gasteiger partial charge in [0.15, 0.2) is 18.4 Å². The molecule has 14 heteroatoms. The van der Waals surface area contributed by atoms with Crippen molar-refractivity contribution in [3.05, 3.63) is 11.6 Å². The minimum Gasteiger partial charge on any atom is -0.469 e. The second kappa shape index (κ2) is 18.9. The fourth-order valence-corrected chi connectivity index (χ4v) is 7.83. The lowest BCUT2D eigenvalue weighted by Gasteiger charge is -2.48. The van der Waals surface area contributed by atoms with Crippen molar-refractivity contribution in [2.45, 2.75) is 173 Å². The van der Waals surface area contributed by atoms with Crippen molar-refractivity contribution in [2.75, 3.05) is 28.3 Å². The van der Waals surface area contributed by atoms with Crippen LogP contribution in [0.4, 0.5) is 0 Å². The van der Waals surface area contributed by atoms with Crippen molar-refractivity contribution in [3.63, 3.8) is 0 Å². The summed E-state index contributed by atoms with van der Waals surface area (Å²) in [6.45, 7) is 16.5. The Morgan fingerprint density at radius 1 is 1.06 bits per heavy atom. The highest BCUT2D eigenvalue weighted by molar-refractivity contribution is 5.96. The first kappa shape index (κ1) is 46.6. The van der Waals surface area contributed by atoms with Crippen molar-refractivity contribution in [2.24, 2.45) is 17.8 Å². The number of esters is 1. The number of nitrogens with zero attached hydrogens (tertiary/aromatic N) is 1. The Kier molecular flexibility index (Phi) is 16.9. The topological polar surface area (TPSA) is 194 Å². The van der Waals surface area contributed by atoms with Crippen LogP contribution in [0.15, 0.2) is 11.6 Å². The number of Topliss-reactive ketones (excluding diaryl/α,β-unsaturated/α-hetero) is 1. The molecule has 2 fully saturated rings. The summed E-state index contributed by atoms with van der Waals surface area (Å²) in [6.07, 6.45) is -6.37. The monoisotopic (exact) mass is 747 g/mol. The number of carbonyl (C=O) groups is 2. The molecular formula is C38H69NO13. The van der Waals surface area contributed by atoms with Crippen LogP contribution in [-0.2, 0) is 38.0 Å². The van der Waals surface area contributed by atoms with E-state index in [0.29, 0.717) is 6.42 Å². The quantitative estimate of drug-likeness (QED) is 0.101. The number of hydrogen-bond donors (Lipinski definition) is 5. The predicted octanol–water partition coefficient (Wildman–Crippen LogP) is 2.34. The number of ketones is 1. The van der Waals surface area contributed by atoms with Crippen LogP contribution in [0.5, 0.6) is 0 Å². The third kappa shape index (κ3) is 11.2. The second-order valence-electron chi connectivity index (χ2n) is 16.1. The molecular weight excluding hydrogens is 678 g/mol. The second-order valence-corrected chi connectivity index (χ2v) is 16.1. The van der Waals surface area contributed by atoms with E-state index in [-0.39, 0.29) is 42.8 Å². The number of hydrogen-bond acceptors (Lipinski definition) is 14. The molecule has 52 heavy (non-hydrogen) atoms. The summed E-state index contributed by atoms with van der Waals surface area (Å²) in [7, 11) is 6.44. The van der Waals surface area contributed by atoms with Crippen LogP contribution in [0.25, 0.3) is 0 Å². The smallest absolute Gasteiger partial charge is 0.311 e. The number of aliphatic hydroxyl groups excluding tert-OH is 3. The molecule has 304 valence electrons. The van der Waals surface area contributed by atoms with E-state index >= 15 is 0 Å². The number of rotatable bonds is 18. The first-order chi connectivity index (χ1) is 23.9. The first-order valence-corrected chi connectivity index (χ1v) is 18.5. The summed E-state index contributed by atoms with van der Waals surface area (Å²) >= 11 is 0. The molecule has 0 bridgehead atoms. The molecule has 0 aliphatic carbocycles. The molecule has 2 aliphatic rings.